The first-order valence-corrected chi connectivity index (χ1v) is 13.4. The van der Waals surface area contributed by atoms with Gasteiger partial charge in [0, 0.05) is 6.54 Å². The lowest BCUT2D eigenvalue weighted by molar-refractivity contribution is -0.132. The van der Waals surface area contributed by atoms with E-state index in [4.69, 9.17) is 18.9 Å². The average Bonchev–Trinajstić information content (AvgIpc) is 3.00. The van der Waals surface area contributed by atoms with E-state index in [1.807, 2.05) is 89.8 Å². The van der Waals surface area contributed by atoms with Crippen LogP contribution in [0.1, 0.15) is 35.2 Å². The minimum absolute atomic E-state index is 0.0380. The van der Waals surface area contributed by atoms with Gasteiger partial charge in [-0.2, -0.15) is 0 Å². The molecule has 6 nitrogen and oxygen atoms in total. The Kier molecular flexibility index (Phi) is 10.1. The molecule has 4 rings (SSSR count). The molecule has 0 N–H and O–H groups in total. The Hall–Kier alpha value is -4.45. The number of methoxy groups -OCH3 is 3. The van der Waals surface area contributed by atoms with Gasteiger partial charge in [0.15, 0.2) is 23.0 Å². The zero-order valence-corrected chi connectivity index (χ0v) is 23.6. The molecule has 40 heavy (non-hydrogen) atoms. The fourth-order valence-corrected chi connectivity index (χ4v) is 4.69. The van der Waals surface area contributed by atoms with Crippen molar-refractivity contribution in [1.29, 1.82) is 0 Å². The van der Waals surface area contributed by atoms with E-state index in [1.54, 1.807) is 21.3 Å². The Balaban J connectivity index is 1.53. The first-order chi connectivity index (χ1) is 19.5. The molecule has 0 aromatic heterocycles. The van der Waals surface area contributed by atoms with Gasteiger partial charge in [-0.25, -0.2) is 0 Å². The molecule has 1 amide bonds. The van der Waals surface area contributed by atoms with Crippen molar-refractivity contribution in [1.82, 2.24) is 4.90 Å². The van der Waals surface area contributed by atoms with Gasteiger partial charge in [0.05, 0.1) is 33.8 Å². The van der Waals surface area contributed by atoms with E-state index in [9.17, 15) is 4.79 Å². The lowest BCUT2D eigenvalue weighted by Crippen LogP contribution is -2.36. The van der Waals surface area contributed by atoms with Gasteiger partial charge in [-0.05, 0) is 59.9 Å². The summed E-state index contributed by atoms with van der Waals surface area (Å²) in [6.45, 7) is 3.04. The number of carbonyl (C=O) groups excluding carboxylic acids is 1. The summed E-state index contributed by atoms with van der Waals surface area (Å²) < 4.78 is 22.5. The standard InChI is InChI=1S/C34H37NO5/c1-25(29-13-9-6-10-14-29)35(20-19-26-15-17-30(37-2)32(21-26)39-4)34(36)23-28-16-18-31(38-3)33(22-28)40-24-27-11-7-5-8-12-27/h5-18,21-22,25H,19-20,23-24H2,1-4H3/t25-/m1/s1. The Labute approximate surface area is 237 Å². The van der Waals surface area contributed by atoms with Crippen LogP contribution in [0.3, 0.4) is 0 Å². The van der Waals surface area contributed by atoms with Gasteiger partial charge < -0.3 is 23.8 Å². The predicted molar refractivity (Wildman–Crippen MR) is 157 cm³/mol. The SMILES string of the molecule is COc1ccc(CCN(C(=O)Cc2ccc(OC)c(OCc3ccccc3)c2)[C@H](C)c2ccccc2)cc1OC. The van der Waals surface area contributed by atoms with Crippen LogP contribution in [0.2, 0.25) is 0 Å². The van der Waals surface area contributed by atoms with E-state index in [0.29, 0.717) is 42.6 Å². The molecule has 0 unspecified atom stereocenters. The number of carbonyl (C=O) groups is 1. The van der Waals surface area contributed by atoms with Crippen molar-refractivity contribution in [2.24, 2.45) is 0 Å². The number of hydrogen-bond acceptors (Lipinski definition) is 5. The second-order valence-corrected chi connectivity index (χ2v) is 9.55. The summed E-state index contributed by atoms with van der Waals surface area (Å²) in [6, 6.07) is 31.5. The molecule has 0 aliphatic heterocycles. The molecule has 0 saturated heterocycles. The predicted octanol–water partition coefficient (Wildman–Crippen LogP) is 6.67. The van der Waals surface area contributed by atoms with Crippen molar-refractivity contribution in [2.75, 3.05) is 27.9 Å². The van der Waals surface area contributed by atoms with Crippen LogP contribution >= 0.6 is 0 Å². The molecule has 0 heterocycles. The third-order valence-electron chi connectivity index (χ3n) is 6.98. The minimum Gasteiger partial charge on any atom is -0.493 e. The Bertz CT molecular complexity index is 1370. The zero-order chi connectivity index (χ0) is 28.3. The Morgan fingerprint density at radius 2 is 1.25 bits per heavy atom. The van der Waals surface area contributed by atoms with Crippen LogP contribution in [-0.4, -0.2) is 38.7 Å². The lowest BCUT2D eigenvalue weighted by atomic mass is 10.0. The average molecular weight is 540 g/mol. The van der Waals surface area contributed by atoms with E-state index in [-0.39, 0.29) is 18.4 Å². The summed E-state index contributed by atoms with van der Waals surface area (Å²) in [7, 11) is 4.87. The van der Waals surface area contributed by atoms with Crippen molar-refractivity contribution in [3.8, 4) is 23.0 Å². The van der Waals surface area contributed by atoms with E-state index < -0.39 is 0 Å². The summed E-state index contributed by atoms with van der Waals surface area (Å²) in [5.41, 5.74) is 4.08. The maximum absolute atomic E-state index is 13.8. The maximum Gasteiger partial charge on any atom is 0.227 e. The molecule has 1 atom stereocenters. The number of amides is 1. The molecular weight excluding hydrogens is 502 g/mol. The minimum atomic E-state index is -0.0964. The fraction of sp³-hybridized carbons (Fsp3) is 0.265. The van der Waals surface area contributed by atoms with Gasteiger partial charge in [0.25, 0.3) is 0 Å². The van der Waals surface area contributed by atoms with Crippen LogP contribution in [0, 0.1) is 0 Å². The molecule has 0 radical (unpaired) electrons. The quantitative estimate of drug-likeness (QED) is 0.190. The molecule has 0 aliphatic rings. The van der Waals surface area contributed by atoms with E-state index in [2.05, 4.69) is 19.1 Å². The number of hydrogen-bond donors (Lipinski definition) is 0. The summed E-state index contributed by atoms with van der Waals surface area (Å²) >= 11 is 0. The first-order valence-electron chi connectivity index (χ1n) is 13.4. The van der Waals surface area contributed by atoms with Crippen molar-refractivity contribution < 1.29 is 23.7 Å². The van der Waals surface area contributed by atoms with Crippen LogP contribution in [0.5, 0.6) is 23.0 Å². The largest absolute Gasteiger partial charge is 0.493 e. The molecule has 0 fully saturated rings. The normalized spacial score (nSPS) is 11.4. The van der Waals surface area contributed by atoms with Gasteiger partial charge in [-0.1, -0.05) is 72.8 Å². The van der Waals surface area contributed by atoms with Crippen LogP contribution in [0.4, 0.5) is 0 Å². The number of ether oxygens (including phenoxy) is 4. The van der Waals surface area contributed by atoms with E-state index in [1.165, 1.54) is 0 Å². The maximum atomic E-state index is 13.8. The third-order valence-corrected chi connectivity index (χ3v) is 6.98. The number of nitrogens with zero attached hydrogens (tertiary/aromatic N) is 1. The first kappa shape index (κ1) is 28.6. The number of rotatable bonds is 13. The molecule has 0 saturated carbocycles. The van der Waals surface area contributed by atoms with Crippen LogP contribution in [0.25, 0.3) is 0 Å². The highest BCUT2D eigenvalue weighted by molar-refractivity contribution is 5.79. The van der Waals surface area contributed by atoms with Crippen LogP contribution in [0.15, 0.2) is 97.1 Å². The van der Waals surface area contributed by atoms with Gasteiger partial charge in [0.2, 0.25) is 5.91 Å². The van der Waals surface area contributed by atoms with Crippen molar-refractivity contribution in [3.63, 3.8) is 0 Å². The fourth-order valence-electron chi connectivity index (χ4n) is 4.69. The molecule has 4 aromatic carbocycles. The molecule has 0 spiro atoms. The number of benzene rings is 4. The van der Waals surface area contributed by atoms with Crippen LogP contribution < -0.4 is 18.9 Å². The lowest BCUT2D eigenvalue weighted by Gasteiger charge is -2.30. The van der Waals surface area contributed by atoms with E-state index in [0.717, 1.165) is 22.3 Å². The smallest absolute Gasteiger partial charge is 0.227 e. The van der Waals surface area contributed by atoms with Gasteiger partial charge >= 0.3 is 0 Å². The van der Waals surface area contributed by atoms with Crippen LogP contribution in [-0.2, 0) is 24.2 Å². The van der Waals surface area contributed by atoms with E-state index >= 15 is 0 Å². The molecule has 0 bridgehead atoms. The van der Waals surface area contributed by atoms with Gasteiger partial charge in [-0.3, -0.25) is 4.79 Å². The van der Waals surface area contributed by atoms with Crippen molar-refractivity contribution in [3.05, 3.63) is 119 Å². The molecule has 208 valence electrons. The Morgan fingerprint density at radius 3 is 1.90 bits per heavy atom. The zero-order valence-electron chi connectivity index (χ0n) is 23.6. The van der Waals surface area contributed by atoms with Crippen molar-refractivity contribution in [2.45, 2.75) is 32.4 Å². The molecule has 4 aromatic rings. The highest BCUT2D eigenvalue weighted by Crippen LogP contribution is 2.31. The van der Waals surface area contributed by atoms with Gasteiger partial charge in [-0.15, -0.1) is 0 Å². The Morgan fingerprint density at radius 1 is 0.675 bits per heavy atom. The molecule has 6 heteroatoms. The topological polar surface area (TPSA) is 57.2 Å². The summed E-state index contributed by atoms with van der Waals surface area (Å²) in [5, 5.41) is 0. The third kappa shape index (κ3) is 7.35. The second kappa shape index (κ2) is 14.1. The summed E-state index contributed by atoms with van der Waals surface area (Å²) in [5.74, 6) is 2.65. The highest BCUT2D eigenvalue weighted by Gasteiger charge is 2.22. The second-order valence-electron chi connectivity index (χ2n) is 9.55. The highest BCUT2D eigenvalue weighted by atomic mass is 16.5. The summed E-state index contributed by atoms with van der Waals surface area (Å²) in [4.78, 5) is 15.8. The van der Waals surface area contributed by atoms with Crippen molar-refractivity contribution >= 4 is 5.91 Å². The summed E-state index contributed by atoms with van der Waals surface area (Å²) in [6.07, 6.45) is 0.923. The van der Waals surface area contributed by atoms with Gasteiger partial charge in [0.1, 0.15) is 6.61 Å². The molecular formula is C34H37NO5. The molecule has 0 aliphatic carbocycles. The monoisotopic (exact) mass is 539 g/mol.